The largest absolute Gasteiger partial charge is 0.507 e. The molecule has 0 radical (unpaired) electrons. The molecule has 0 aromatic heterocycles. The second-order valence-corrected chi connectivity index (χ2v) is 4.31. The van der Waals surface area contributed by atoms with E-state index in [9.17, 15) is 14.3 Å². The smallest absolute Gasteiger partial charge is 0.255 e. The zero-order valence-corrected chi connectivity index (χ0v) is 10.4. The molecule has 0 aliphatic carbocycles. The van der Waals surface area contributed by atoms with Crippen molar-refractivity contribution in [1.29, 1.82) is 0 Å². The quantitative estimate of drug-likeness (QED) is 0.837. The predicted molar refractivity (Wildman–Crippen MR) is 63.4 cm³/mol. The van der Waals surface area contributed by atoms with Crippen molar-refractivity contribution in [3.63, 3.8) is 0 Å². The van der Waals surface area contributed by atoms with E-state index in [1.54, 1.807) is 0 Å². The van der Waals surface area contributed by atoms with Gasteiger partial charge in [-0.05, 0) is 31.5 Å². The van der Waals surface area contributed by atoms with Crippen LogP contribution in [0.25, 0.3) is 0 Å². The minimum absolute atomic E-state index is 0.0328. The highest BCUT2D eigenvalue weighted by Gasteiger charge is 2.14. The van der Waals surface area contributed by atoms with Gasteiger partial charge >= 0.3 is 0 Å². The Morgan fingerprint density at radius 3 is 2.94 bits per heavy atom. The first-order valence-corrected chi connectivity index (χ1v) is 6.02. The molecule has 1 atom stereocenters. The van der Waals surface area contributed by atoms with Gasteiger partial charge < -0.3 is 10.4 Å². The summed E-state index contributed by atoms with van der Waals surface area (Å²) in [6.07, 6.45) is 0.766. The standard InChI is InChI=1S/C11H13BrFNO2/c1-7(4-5-12)14-11(16)9-6-8(13)2-3-10(9)15/h2-3,6-7,15H,4-5H2,1H3,(H,14,16). The van der Waals surface area contributed by atoms with Gasteiger partial charge in [0.25, 0.3) is 5.91 Å². The number of nitrogens with one attached hydrogen (secondary N) is 1. The van der Waals surface area contributed by atoms with Crippen LogP contribution in [0.4, 0.5) is 4.39 Å². The summed E-state index contributed by atoms with van der Waals surface area (Å²) in [5.41, 5.74) is -0.0403. The number of rotatable bonds is 4. The number of carbonyl (C=O) groups is 1. The number of carbonyl (C=O) groups excluding carboxylic acids is 1. The van der Waals surface area contributed by atoms with Crippen molar-refractivity contribution in [2.45, 2.75) is 19.4 Å². The van der Waals surface area contributed by atoms with Gasteiger partial charge in [-0.3, -0.25) is 4.79 Å². The van der Waals surface area contributed by atoms with Crippen molar-refractivity contribution in [1.82, 2.24) is 5.32 Å². The van der Waals surface area contributed by atoms with E-state index >= 15 is 0 Å². The van der Waals surface area contributed by atoms with Crippen LogP contribution in [0.1, 0.15) is 23.7 Å². The van der Waals surface area contributed by atoms with E-state index in [4.69, 9.17) is 0 Å². The van der Waals surface area contributed by atoms with Crippen LogP contribution >= 0.6 is 15.9 Å². The molecule has 0 fully saturated rings. The molecule has 1 rings (SSSR count). The van der Waals surface area contributed by atoms with Gasteiger partial charge in [0, 0.05) is 11.4 Å². The summed E-state index contributed by atoms with van der Waals surface area (Å²) < 4.78 is 12.9. The average Bonchev–Trinajstić information content (AvgIpc) is 2.21. The molecule has 0 bridgehead atoms. The number of amides is 1. The van der Waals surface area contributed by atoms with Crippen molar-refractivity contribution in [3.05, 3.63) is 29.6 Å². The Bertz CT molecular complexity index is 384. The number of phenolic OH excluding ortho intramolecular Hbond substituents is 1. The predicted octanol–water partition coefficient (Wildman–Crippen LogP) is 2.43. The summed E-state index contributed by atoms with van der Waals surface area (Å²) >= 11 is 3.26. The Balaban J connectivity index is 2.76. The van der Waals surface area contributed by atoms with Gasteiger partial charge in [-0.15, -0.1) is 0 Å². The molecule has 0 spiro atoms. The van der Waals surface area contributed by atoms with E-state index < -0.39 is 11.7 Å². The van der Waals surface area contributed by atoms with Crippen LogP contribution < -0.4 is 5.32 Å². The molecule has 1 aromatic carbocycles. The number of benzene rings is 1. The molecule has 5 heteroatoms. The summed E-state index contributed by atoms with van der Waals surface area (Å²) in [6, 6.07) is 3.26. The van der Waals surface area contributed by atoms with Gasteiger partial charge in [-0.25, -0.2) is 4.39 Å². The molecule has 2 N–H and O–H groups in total. The van der Waals surface area contributed by atoms with E-state index in [1.807, 2.05) is 6.92 Å². The van der Waals surface area contributed by atoms with Crippen LogP contribution in [-0.2, 0) is 0 Å². The minimum Gasteiger partial charge on any atom is -0.507 e. The van der Waals surface area contributed by atoms with Crippen molar-refractivity contribution >= 4 is 21.8 Å². The van der Waals surface area contributed by atoms with Crippen molar-refractivity contribution in [2.24, 2.45) is 0 Å². The van der Waals surface area contributed by atoms with Crippen molar-refractivity contribution < 1.29 is 14.3 Å². The van der Waals surface area contributed by atoms with Gasteiger partial charge in [0.15, 0.2) is 0 Å². The lowest BCUT2D eigenvalue weighted by molar-refractivity contribution is 0.0936. The van der Waals surface area contributed by atoms with E-state index in [0.717, 1.165) is 23.9 Å². The fourth-order valence-corrected chi connectivity index (χ4v) is 1.91. The second kappa shape index (κ2) is 5.84. The third kappa shape index (κ3) is 3.48. The molecule has 0 aliphatic heterocycles. The van der Waals surface area contributed by atoms with Gasteiger partial charge in [0.2, 0.25) is 0 Å². The van der Waals surface area contributed by atoms with Gasteiger partial charge in [-0.1, -0.05) is 15.9 Å². The molecule has 88 valence electrons. The highest BCUT2D eigenvalue weighted by atomic mass is 79.9. The van der Waals surface area contributed by atoms with E-state index in [-0.39, 0.29) is 17.4 Å². The van der Waals surface area contributed by atoms with Gasteiger partial charge in [-0.2, -0.15) is 0 Å². The maximum atomic E-state index is 12.9. The maximum Gasteiger partial charge on any atom is 0.255 e. The first-order chi connectivity index (χ1) is 7.54. The molecule has 16 heavy (non-hydrogen) atoms. The summed E-state index contributed by atoms with van der Waals surface area (Å²) in [5.74, 6) is -1.23. The Morgan fingerprint density at radius 2 is 2.31 bits per heavy atom. The van der Waals surface area contributed by atoms with Crippen molar-refractivity contribution in [2.75, 3.05) is 5.33 Å². The molecule has 3 nitrogen and oxygen atoms in total. The van der Waals surface area contributed by atoms with Crippen LogP contribution in [0.15, 0.2) is 18.2 Å². The lowest BCUT2D eigenvalue weighted by Gasteiger charge is -2.12. The first-order valence-electron chi connectivity index (χ1n) is 4.90. The Labute approximate surface area is 102 Å². The second-order valence-electron chi connectivity index (χ2n) is 3.51. The maximum absolute atomic E-state index is 12.9. The summed E-state index contributed by atoms with van der Waals surface area (Å²) in [4.78, 5) is 11.6. The topological polar surface area (TPSA) is 49.3 Å². The van der Waals surface area contributed by atoms with Crippen LogP contribution in [0.2, 0.25) is 0 Å². The van der Waals surface area contributed by atoms with E-state index in [1.165, 1.54) is 6.07 Å². The Morgan fingerprint density at radius 1 is 1.62 bits per heavy atom. The summed E-state index contributed by atoms with van der Waals surface area (Å²) in [6.45, 7) is 1.84. The lowest BCUT2D eigenvalue weighted by Crippen LogP contribution is -2.32. The number of aromatic hydroxyl groups is 1. The SMILES string of the molecule is CC(CCBr)NC(=O)c1cc(F)ccc1O. The molecule has 1 amide bonds. The number of hydrogen-bond donors (Lipinski definition) is 2. The first kappa shape index (κ1) is 13.0. The molecule has 0 saturated heterocycles. The molecular formula is C11H13BrFNO2. The van der Waals surface area contributed by atoms with Crippen molar-refractivity contribution in [3.8, 4) is 5.75 Å². The number of phenols is 1. The zero-order valence-electron chi connectivity index (χ0n) is 8.84. The Kier molecular flexibility index (Phi) is 4.73. The third-order valence-electron chi connectivity index (χ3n) is 2.12. The number of alkyl halides is 1. The van der Waals surface area contributed by atoms with E-state index in [2.05, 4.69) is 21.2 Å². The fourth-order valence-electron chi connectivity index (χ4n) is 1.23. The average molecular weight is 290 g/mol. The van der Waals surface area contributed by atoms with Gasteiger partial charge in [0.05, 0.1) is 5.56 Å². The zero-order chi connectivity index (χ0) is 12.1. The van der Waals surface area contributed by atoms with Crippen LogP contribution in [0, 0.1) is 5.82 Å². The third-order valence-corrected chi connectivity index (χ3v) is 2.58. The molecule has 0 aliphatic rings. The number of hydrogen-bond acceptors (Lipinski definition) is 2. The highest BCUT2D eigenvalue weighted by molar-refractivity contribution is 9.09. The minimum atomic E-state index is -0.545. The van der Waals surface area contributed by atoms with Gasteiger partial charge in [0.1, 0.15) is 11.6 Å². The molecule has 0 saturated carbocycles. The highest BCUT2D eigenvalue weighted by Crippen LogP contribution is 2.17. The lowest BCUT2D eigenvalue weighted by atomic mass is 10.1. The summed E-state index contributed by atoms with van der Waals surface area (Å²) in [5, 5.41) is 12.8. The molecule has 1 unspecified atom stereocenters. The molecule has 1 aromatic rings. The Hall–Kier alpha value is -1.10. The van der Waals surface area contributed by atoms with E-state index in [0.29, 0.717) is 0 Å². The summed E-state index contributed by atoms with van der Waals surface area (Å²) in [7, 11) is 0. The normalized spacial score (nSPS) is 12.2. The number of halogens is 2. The fraction of sp³-hybridized carbons (Fsp3) is 0.364. The van der Waals surface area contributed by atoms with Crippen LogP contribution in [-0.4, -0.2) is 22.4 Å². The van der Waals surface area contributed by atoms with Crippen LogP contribution in [0.5, 0.6) is 5.75 Å². The monoisotopic (exact) mass is 289 g/mol. The van der Waals surface area contributed by atoms with Crippen LogP contribution in [0.3, 0.4) is 0 Å². The molecular weight excluding hydrogens is 277 g/mol. The molecule has 0 heterocycles.